The van der Waals surface area contributed by atoms with Crippen molar-refractivity contribution >= 4 is 11.7 Å². The number of hydrogen-bond donors (Lipinski definition) is 1. The maximum atomic E-state index is 11.8. The van der Waals surface area contributed by atoms with Gasteiger partial charge in [-0.1, -0.05) is 6.42 Å². The fourth-order valence-corrected chi connectivity index (χ4v) is 1.67. The van der Waals surface area contributed by atoms with Crippen molar-refractivity contribution in [2.75, 3.05) is 7.11 Å². The molecule has 0 aliphatic heterocycles. The number of benzene rings is 1. The number of Topliss-reactive ketones (excluding diaryl/α,β-unsaturated/α-hetero) is 1. The molecule has 98 valence electrons. The van der Waals surface area contributed by atoms with Gasteiger partial charge >= 0.3 is 0 Å². The highest BCUT2D eigenvalue weighted by molar-refractivity contribution is 5.96. The number of methoxy groups -OCH3 is 1. The Morgan fingerprint density at radius 2 is 1.78 bits per heavy atom. The molecule has 18 heavy (non-hydrogen) atoms. The van der Waals surface area contributed by atoms with Crippen molar-refractivity contribution in [1.29, 1.82) is 5.41 Å². The van der Waals surface area contributed by atoms with Crippen LogP contribution < -0.4 is 9.84 Å². The summed E-state index contributed by atoms with van der Waals surface area (Å²) in [5.74, 6) is 0.312. The molecule has 0 amide bonds. The molecule has 0 aliphatic rings. The van der Waals surface area contributed by atoms with Crippen LogP contribution in [0.15, 0.2) is 24.3 Å². The van der Waals surface area contributed by atoms with E-state index in [-0.39, 0.29) is 12.2 Å². The monoisotopic (exact) mass is 248 g/mol. The number of unbranched alkanes of at least 4 members (excludes halogenated alkanes) is 2. The number of ketones is 1. The van der Waals surface area contributed by atoms with Crippen LogP contribution in [-0.4, -0.2) is 18.8 Å². The van der Waals surface area contributed by atoms with Gasteiger partial charge in [0.2, 0.25) is 0 Å². The molecule has 0 fully saturated rings. The summed E-state index contributed by atoms with van der Waals surface area (Å²) in [5.41, 5.74) is 0.687. The van der Waals surface area contributed by atoms with E-state index in [0.29, 0.717) is 18.4 Å². The fourth-order valence-electron chi connectivity index (χ4n) is 1.67. The first-order chi connectivity index (χ1) is 8.63. The van der Waals surface area contributed by atoms with Crippen LogP contribution in [0.3, 0.4) is 0 Å². The average molecular weight is 248 g/mol. The number of carbonyl (C=O) groups excluding carboxylic acids is 1. The standard InChI is InChI=1S/C14H19NO3/c1-18-12-9-7-11(8-10-12)13(16)5-3-2-4-6-14(15)17/h7-10H,2-6H2,1H3,(H2,15,17)/p-1. The topological polar surface area (TPSA) is 73.2 Å². The van der Waals surface area contributed by atoms with Crippen molar-refractivity contribution in [3.63, 3.8) is 0 Å². The van der Waals surface area contributed by atoms with Crippen LogP contribution >= 0.6 is 0 Å². The van der Waals surface area contributed by atoms with Crippen LogP contribution in [0, 0.1) is 5.41 Å². The van der Waals surface area contributed by atoms with Crippen molar-refractivity contribution in [2.45, 2.75) is 32.1 Å². The average Bonchev–Trinajstić information content (AvgIpc) is 2.38. The third kappa shape index (κ3) is 4.99. The van der Waals surface area contributed by atoms with E-state index in [1.165, 1.54) is 0 Å². The zero-order valence-electron chi connectivity index (χ0n) is 10.6. The van der Waals surface area contributed by atoms with Gasteiger partial charge in [0.15, 0.2) is 5.78 Å². The van der Waals surface area contributed by atoms with Gasteiger partial charge in [-0.25, -0.2) is 0 Å². The smallest absolute Gasteiger partial charge is 0.162 e. The van der Waals surface area contributed by atoms with E-state index in [1.807, 2.05) is 0 Å². The molecular formula is C14H18NO3-. The molecule has 1 aromatic rings. The van der Waals surface area contributed by atoms with E-state index in [2.05, 4.69) is 0 Å². The van der Waals surface area contributed by atoms with Crippen LogP contribution in [0.2, 0.25) is 0 Å². The van der Waals surface area contributed by atoms with Gasteiger partial charge in [0.1, 0.15) is 5.75 Å². The highest BCUT2D eigenvalue weighted by Crippen LogP contribution is 2.14. The molecule has 0 radical (unpaired) electrons. The predicted octanol–water partition coefficient (Wildman–Crippen LogP) is 2.17. The van der Waals surface area contributed by atoms with E-state index < -0.39 is 5.90 Å². The minimum absolute atomic E-state index is 0.106. The molecule has 0 spiro atoms. The Morgan fingerprint density at radius 3 is 2.33 bits per heavy atom. The molecule has 4 nitrogen and oxygen atoms in total. The number of hydrogen-bond acceptors (Lipinski definition) is 4. The third-order valence-electron chi connectivity index (χ3n) is 2.72. The molecule has 0 aromatic heterocycles. The Morgan fingerprint density at radius 1 is 1.17 bits per heavy atom. The summed E-state index contributed by atoms with van der Waals surface area (Å²) in [6.07, 6.45) is 3.04. The van der Waals surface area contributed by atoms with Crippen molar-refractivity contribution in [3.8, 4) is 5.75 Å². The van der Waals surface area contributed by atoms with Gasteiger partial charge in [-0.2, -0.15) is 0 Å². The molecule has 0 saturated heterocycles. The normalized spacial score (nSPS) is 10.1. The second-order valence-electron chi connectivity index (χ2n) is 4.14. The molecule has 0 atom stereocenters. The van der Waals surface area contributed by atoms with Crippen molar-refractivity contribution in [1.82, 2.24) is 0 Å². The van der Waals surface area contributed by atoms with Gasteiger partial charge < -0.3 is 15.3 Å². The summed E-state index contributed by atoms with van der Waals surface area (Å²) < 4.78 is 5.02. The van der Waals surface area contributed by atoms with Crippen molar-refractivity contribution in [3.05, 3.63) is 29.8 Å². The third-order valence-corrected chi connectivity index (χ3v) is 2.72. The first-order valence-electron chi connectivity index (χ1n) is 6.05. The lowest BCUT2D eigenvalue weighted by atomic mass is 10.0. The van der Waals surface area contributed by atoms with Crippen LogP contribution in [-0.2, 0) is 0 Å². The van der Waals surface area contributed by atoms with Crippen molar-refractivity contribution in [2.24, 2.45) is 0 Å². The Kier molecular flexibility index (Phi) is 5.91. The molecule has 4 heteroatoms. The number of nitrogens with one attached hydrogen (secondary N) is 1. The molecule has 0 heterocycles. The van der Waals surface area contributed by atoms with Gasteiger partial charge in [0.05, 0.1) is 7.11 Å². The lowest BCUT2D eigenvalue weighted by Crippen LogP contribution is -2.14. The fraction of sp³-hybridized carbons (Fsp3) is 0.429. The molecule has 1 N–H and O–H groups in total. The molecule has 0 unspecified atom stereocenters. The predicted molar refractivity (Wildman–Crippen MR) is 68.1 cm³/mol. The van der Waals surface area contributed by atoms with Crippen LogP contribution in [0.1, 0.15) is 42.5 Å². The summed E-state index contributed by atoms with van der Waals surface area (Å²) in [7, 11) is 1.59. The Labute approximate surface area is 107 Å². The number of ether oxygens (including phenoxy) is 1. The van der Waals surface area contributed by atoms with Crippen molar-refractivity contribution < 1.29 is 14.6 Å². The number of carbonyl (C=O) groups is 1. The maximum Gasteiger partial charge on any atom is 0.162 e. The van der Waals surface area contributed by atoms with Crippen LogP contribution in [0.4, 0.5) is 0 Å². The van der Waals surface area contributed by atoms with Gasteiger partial charge in [0, 0.05) is 12.0 Å². The molecule has 0 saturated carbocycles. The molecule has 1 aromatic carbocycles. The summed E-state index contributed by atoms with van der Waals surface area (Å²) >= 11 is 0. The van der Waals surface area contributed by atoms with Gasteiger partial charge in [0.25, 0.3) is 0 Å². The van der Waals surface area contributed by atoms with Crippen LogP contribution in [0.5, 0.6) is 5.75 Å². The minimum atomic E-state index is -0.531. The van der Waals surface area contributed by atoms with E-state index in [4.69, 9.17) is 10.1 Å². The quantitative estimate of drug-likeness (QED) is 0.331. The zero-order chi connectivity index (χ0) is 13.4. The van der Waals surface area contributed by atoms with E-state index in [9.17, 15) is 9.90 Å². The molecule has 0 aliphatic carbocycles. The minimum Gasteiger partial charge on any atom is -0.862 e. The SMILES string of the molecule is COc1ccc(C(=O)CCCCCC(=N)[O-])cc1. The molecule has 0 bridgehead atoms. The summed E-state index contributed by atoms with van der Waals surface area (Å²) in [6.45, 7) is 0. The second-order valence-corrected chi connectivity index (χ2v) is 4.14. The Hall–Kier alpha value is -1.84. The Balaban J connectivity index is 2.29. The summed E-state index contributed by atoms with van der Waals surface area (Å²) in [4.78, 5) is 11.8. The summed E-state index contributed by atoms with van der Waals surface area (Å²) in [6, 6.07) is 7.06. The van der Waals surface area contributed by atoms with E-state index in [0.717, 1.165) is 18.6 Å². The zero-order valence-corrected chi connectivity index (χ0v) is 10.6. The summed E-state index contributed by atoms with van der Waals surface area (Å²) in [5, 5.41) is 17.2. The number of rotatable bonds is 8. The van der Waals surface area contributed by atoms with Crippen LogP contribution in [0.25, 0.3) is 0 Å². The van der Waals surface area contributed by atoms with Gasteiger partial charge in [-0.05, 0) is 49.4 Å². The lowest BCUT2D eigenvalue weighted by Gasteiger charge is -2.06. The van der Waals surface area contributed by atoms with Gasteiger partial charge in [-0.3, -0.25) is 4.79 Å². The second kappa shape index (κ2) is 7.48. The highest BCUT2D eigenvalue weighted by atomic mass is 16.5. The first kappa shape index (κ1) is 14.2. The highest BCUT2D eigenvalue weighted by Gasteiger charge is 2.05. The van der Waals surface area contributed by atoms with Gasteiger partial charge in [-0.15, -0.1) is 0 Å². The first-order valence-corrected chi connectivity index (χ1v) is 6.05. The molecular weight excluding hydrogens is 230 g/mol. The van der Waals surface area contributed by atoms with E-state index >= 15 is 0 Å². The lowest BCUT2D eigenvalue weighted by molar-refractivity contribution is -0.220. The largest absolute Gasteiger partial charge is 0.862 e. The van der Waals surface area contributed by atoms with E-state index in [1.54, 1.807) is 31.4 Å². The Bertz CT molecular complexity index is 398. The molecule has 1 rings (SSSR count). The maximum absolute atomic E-state index is 11.8.